The minimum absolute atomic E-state index is 0.0222. The molecule has 0 N–H and O–H groups in total. The molecule has 5 nitrogen and oxygen atoms in total. The molecule has 3 rings (SSSR count). The molecule has 2 heterocycles. The third kappa shape index (κ3) is 4.68. The minimum Gasteiger partial charge on any atom is -0.373 e. The number of carbonyl (C=O) groups excluding carboxylic acids is 1. The number of nitrogens with zero attached hydrogens (tertiary/aromatic N) is 3. The van der Waals surface area contributed by atoms with Crippen LogP contribution in [0, 0.1) is 0 Å². The van der Waals surface area contributed by atoms with E-state index in [0.29, 0.717) is 19.6 Å². The first kappa shape index (κ1) is 18.5. The Morgan fingerprint density at radius 3 is 2.62 bits per heavy atom. The van der Waals surface area contributed by atoms with Crippen molar-refractivity contribution in [2.75, 3.05) is 33.8 Å². The molecule has 0 saturated carbocycles. The average Bonchev–Trinajstić information content (AvgIpc) is 2.67. The molecule has 138 valence electrons. The van der Waals surface area contributed by atoms with E-state index in [1.54, 1.807) is 12.4 Å². The molecule has 5 heteroatoms. The molecular formula is C21H27N3O2. The monoisotopic (exact) mass is 353 g/mol. The van der Waals surface area contributed by atoms with Crippen molar-refractivity contribution in [1.29, 1.82) is 0 Å². The van der Waals surface area contributed by atoms with Gasteiger partial charge in [-0.2, -0.15) is 0 Å². The molecule has 0 unspecified atom stereocenters. The Morgan fingerprint density at radius 1 is 1.19 bits per heavy atom. The zero-order valence-electron chi connectivity index (χ0n) is 15.5. The fraction of sp³-hybridized carbons (Fsp3) is 0.429. The predicted molar refractivity (Wildman–Crippen MR) is 102 cm³/mol. The van der Waals surface area contributed by atoms with Gasteiger partial charge in [0.2, 0.25) is 5.91 Å². The van der Waals surface area contributed by atoms with Crippen molar-refractivity contribution in [3.8, 4) is 0 Å². The molecule has 1 saturated heterocycles. The van der Waals surface area contributed by atoms with Crippen molar-refractivity contribution >= 4 is 5.91 Å². The Labute approximate surface area is 155 Å². The lowest BCUT2D eigenvalue weighted by Crippen LogP contribution is -2.51. The number of aromatic nitrogens is 1. The SMILES string of the molecule is CN(C)C[C@@H]1OCCN(C(=O)CCc2ccncc2)[C@H]1c1ccccc1. The van der Waals surface area contributed by atoms with Crippen molar-refractivity contribution in [1.82, 2.24) is 14.8 Å². The van der Waals surface area contributed by atoms with Gasteiger partial charge in [0.15, 0.2) is 0 Å². The van der Waals surface area contributed by atoms with Gasteiger partial charge in [0.05, 0.1) is 18.8 Å². The van der Waals surface area contributed by atoms with Gasteiger partial charge in [-0.3, -0.25) is 9.78 Å². The lowest BCUT2D eigenvalue weighted by molar-refractivity contribution is -0.148. The summed E-state index contributed by atoms with van der Waals surface area (Å²) < 4.78 is 6.06. The highest BCUT2D eigenvalue weighted by Gasteiger charge is 2.36. The van der Waals surface area contributed by atoms with Gasteiger partial charge in [0, 0.05) is 31.9 Å². The van der Waals surface area contributed by atoms with Gasteiger partial charge in [-0.15, -0.1) is 0 Å². The van der Waals surface area contributed by atoms with Crippen molar-refractivity contribution in [3.63, 3.8) is 0 Å². The first-order valence-electron chi connectivity index (χ1n) is 9.15. The van der Waals surface area contributed by atoms with E-state index in [0.717, 1.165) is 24.1 Å². The van der Waals surface area contributed by atoms with Crippen LogP contribution < -0.4 is 0 Å². The van der Waals surface area contributed by atoms with Gasteiger partial charge < -0.3 is 14.5 Å². The van der Waals surface area contributed by atoms with Crippen LogP contribution in [0.3, 0.4) is 0 Å². The van der Waals surface area contributed by atoms with Crippen molar-refractivity contribution < 1.29 is 9.53 Å². The normalized spacial score (nSPS) is 20.3. The molecule has 1 aliphatic rings. The number of morpholine rings is 1. The minimum atomic E-state index is -0.0442. The highest BCUT2D eigenvalue weighted by Crippen LogP contribution is 2.30. The van der Waals surface area contributed by atoms with Crippen LogP contribution >= 0.6 is 0 Å². The zero-order valence-corrected chi connectivity index (χ0v) is 15.5. The summed E-state index contributed by atoms with van der Waals surface area (Å²) in [5.41, 5.74) is 2.28. The molecule has 1 aliphatic heterocycles. The standard InChI is InChI=1S/C21H27N3O2/c1-23(2)16-19-21(18-6-4-3-5-7-18)24(14-15-26-19)20(25)9-8-17-10-12-22-13-11-17/h3-7,10-13,19,21H,8-9,14-16H2,1-2H3/t19-,21-/m0/s1. The van der Waals surface area contributed by atoms with Crippen LogP contribution in [0.4, 0.5) is 0 Å². The molecule has 1 amide bonds. The van der Waals surface area contributed by atoms with Gasteiger partial charge in [0.1, 0.15) is 0 Å². The van der Waals surface area contributed by atoms with Crippen LogP contribution in [-0.4, -0.2) is 60.6 Å². The Bertz CT molecular complexity index is 691. The summed E-state index contributed by atoms with van der Waals surface area (Å²) in [4.78, 5) is 21.2. The molecule has 1 aromatic heterocycles. The maximum atomic E-state index is 13.0. The Kier molecular flexibility index (Phi) is 6.36. The van der Waals surface area contributed by atoms with Gasteiger partial charge >= 0.3 is 0 Å². The van der Waals surface area contributed by atoms with E-state index in [1.807, 2.05) is 49.3 Å². The van der Waals surface area contributed by atoms with Crippen LogP contribution in [0.25, 0.3) is 0 Å². The highest BCUT2D eigenvalue weighted by atomic mass is 16.5. The molecule has 1 aromatic carbocycles. The van der Waals surface area contributed by atoms with Crippen molar-refractivity contribution in [2.24, 2.45) is 0 Å². The Hall–Kier alpha value is -2.24. The molecular weight excluding hydrogens is 326 g/mol. The summed E-state index contributed by atoms with van der Waals surface area (Å²) in [5, 5.41) is 0. The highest BCUT2D eigenvalue weighted by molar-refractivity contribution is 5.77. The Balaban J connectivity index is 1.77. The van der Waals surface area contributed by atoms with Crippen molar-refractivity contribution in [2.45, 2.75) is 25.0 Å². The molecule has 0 radical (unpaired) electrons. The average molecular weight is 353 g/mol. The summed E-state index contributed by atoms with van der Waals surface area (Å²) in [6.45, 7) is 2.01. The van der Waals surface area contributed by atoms with Gasteiger partial charge in [0.25, 0.3) is 0 Å². The van der Waals surface area contributed by atoms with Crippen LogP contribution in [0.1, 0.15) is 23.6 Å². The topological polar surface area (TPSA) is 45.7 Å². The van der Waals surface area contributed by atoms with Crippen LogP contribution in [0.2, 0.25) is 0 Å². The maximum absolute atomic E-state index is 13.0. The molecule has 2 atom stereocenters. The molecule has 0 bridgehead atoms. The summed E-state index contributed by atoms with van der Waals surface area (Å²) in [7, 11) is 4.07. The zero-order chi connectivity index (χ0) is 18.4. The number of benzene rings is 1. The van der Waals surface area contributed by atoms with E-state index in [9.17, 15) is 4.79 Å². The molecule has 26 heavy (non-hydrogen) atoms. The summed E-state index contributed by atoms with van der Waals surface area (Å²) in [6, 6.07) is 14.1. The van der Waals surface area contributed by atoms with E-state index < -0.39 is 0 Å². The maximum Gasteiger partial charge on any atom is 0.223 e. The van der Waals surface area contributed by atoms with Crippen LogP contribution in [-0.2, 0) is 16.0 Å². The lowest BCUT2D eigenvalue weighted by Gasteiger charge is -2.42. The molecule has 1 fully saturated rings. The molecule has 0 aliphatic carbocycles. The smallest absolute Gasteiger partial charge is 0.223 e. The second-order valence-electron chi connectivity index (χ2n) is 6.97. The predicted octanol–water partition coefficient (Wildman–Crippen LogP) is 2.54. The number of amides is 1. The van der Waals surface area contributed by atoms with E-state index in [2.05, 4.69) is 22.0 Å². The lowest BCUT2D eigenvalue weighted by atomic mass is 9.96. The number of pyridine rings is 1. The first-order chi connectivity index (χ1) is 12.6. The van der Waals surface area contributed by atoms with Crippen LogP contribution in [0.15, 0.2) is 54.9 Å². The third-order valence-electron chi connectivity index (χ3n) is 4.74. The largest absolute Gasteiger partial charge is 0.373 e. The van der Waals surface area contributed by atoms with Gasteiger partial charge in [-0.1, -0.05) is 30.3 Å². The summed E-state index contributed by atoms with van der Waals surface area (Å²) in [6.07, 6.45) is 4.76. The quantitative estimate of drug-likeness (QED) is 0.801. The van der Waals surface area contributed by atoms with E-state index in [1.165, 1.54) is 0 Å². The van der Waals surface area contributed by atoms with E-state index in [4.69, 9.17) is 4.74 Å². The summed E-state index contributed by atoms with van der Waals surface area (Å²) >= 11 is 0. The second-order valence-corrected chi connectivity index (χ2v) is 6.97. The fourth-order valence-corrected chi connectivity index (χ4v) is 3.51. The van der Waals surface area contributed by atoms with Gasteiger partial charge in [-0.05, 0) is 43.8 Å². The summed E-state index contributed by atoms with van der Waals surface area (Å²) in [5.74, 6) is 0.183. The molecule has 2 aromatic rings. The number of ether oxygens (including phenoxy) is 1. The Morgan fingerprint density at radius 2 is 1.92 bits per heavy atom. The van der Waals surface area contributed by atoms with E-state index >= 15 is 0 Å². The van der Waals surface area contributed by atoms with Crippen LogP contribution in [0.5, 0.6) is 0 Å². The third-order valence-corrected chi connectivity index (χ3v) is 4.74. The fourth-order valence-electron chi connectivity index (χ4n) is 3.51. The second kappa shape index (κ2) is 8.92. The van der Waals surface area contributed by atoms with E-state index in [-0.39, 0.29) is 18.1 Å². The first-order valence-corrected chi connectivity index (χ1v) is 9.15. The van der Waals surface area contributed by atoms with Crippen molar-refractivity contribution in [3.05, 3.63) is 66.0 Å². The number of hydrogen-bond acceptors (Lipinski definition) is 4. The van der Waals surface area contributed by atoms with Gasteiger partial charge in [-0.25, -0.2) is 0 Å². The number of rotatable bonds is 6. The number of carbonyl (C=O) groups is 1. The number of aryl methyl sites for hydroxylation is 1. The number of hydrogen-bond donors (Lipinski definition) is 0. The number of likely N-dealkylation sites (N-methyl/N-ethyl adjacent to an activating group) is 1. The molecule has 0 spiro atoms.